The van der Waals surface area contributed by atoms with Crippen molar-refractivity contribution in [3.05, 3.63) is 65.7 Å². The van der Waals surface area contributed by atoms with Gasteiger partial charge in [-0.15, -0.1) is 10.5 Å². The molecular weight excluding hydrogens is 1670 g/mol. The van der Waals surface area contributed by atoms with Gasteiger partial charge >= 0.3 is 5.97 Å². The molecule has 6 fully saturated rings. The summed E-state index contributed by atoms with van der Waals surface area (Å²) in [5.74, 6) is 4.45. The molecule has 694 valence electrons. The van der Waals surface area contributed by atoms with Crippen molar-refractivity contribution in [1.29, 1.82) is 42.1 Å². The molecule has 0 aromatic heterocycles. The third-order valence-corrected chi connectivity index (χ3v) is 23.8. The van der Waals surface area contributed by atoms with Crippen LogP contribution < -0.4 is 14.2 Å². The van der Waals surface area contributed by atoms with E-state index in [9.17, 15) is 48.3 Å². The maximum atomic E-state index is 11.0. The smallest absolute Gasteiger partial charge is 0.331 e. The number of aliphatic imine (C=N–C) groups is 8. The third-order valence-electron chi connectivity index (χ3n) is 23.8. The van der Waals surface area contributed by atoms with Crippen LogP contribution in [0.25, 0.3) is 11.1 Å². The maximum absolute atomic E-state index is 11.0. The minimum atomic E-state index is -0.797. The second-order valence-corrected chi connectivity index (χ2v) is 33.4. The molecule has 1 N–H and O–H groups in total. The van der Waals surface area contributed by atoms with Gasteiger partial charge in [0.05, 0.1) is 57.2 Å². The zero-order valence-corrected chi connectivity index (χ0v) is 75.6. The number of unbranched alkanes of at least 4 members (excludes halogenated alkanes) is 1. The number of carbonyl (C=O) groups is 1. The van der Waals surface area contributed by atoms with Crippen LogP contribution in [0.4, 0.5) is 11.4 Å². The summed E-state index contributed by atoms with van der Waals surface area (Å²) < 4.78 is 48.0. The lowest BCUT2D eigenvalue weighted by molar-refractivity contribution is -0.142. The number of methoxy groups -OCH3 is 2. The number of aliphatic hydroxyl groups excluding tert-OH is 1. The highest BCUT2D eigenvalue weighted by molar-refractivity contribution is 5.76. The van der Waals surface area contributed by atoms with E-state index in [1.54, 1.807) is 111 Å². The number of benzene rings is 3. The van der Waals surface area contributed by atoms with Crippen LogP contribution in [0, 0.1) is 145 Å². The average Bonchev–Trinajstić information content (AvgIpc) is 0.796. The van der Waals surface area contributed by atoms with E-state index < -0.39 is 12.0 Å². The summed E-state index contributed by atoms with van der Waals surface area (Å²) in [5, 5.41) is 76.3. The Morgan fingerprint density at radius 3 is 1.47 bits per heavy atom. The molecule has 0 saturated heterocycles. The summed E-state index contributed by atoms with van der Waals surface area (Å²) in [5.41, 5.74) is 4.03. The number of nitriles is 8. The molecule has 0 amide bonds. The maximum Gasteiger partial charge on any atom is 0.331 e. The number of aryl methyl sites for hydroxylation is 1. The quantitative estimate of drug-likeness (QED) is 0.0194. The van der Waals surface area contributed by atoms with Crippen molar-refractivity contribution in [1.82, 2.24) is 0 Å². The fourth-order valence-electron chi connectivity index (χ4n) is 16.7. The minimum Gasteiger partial charge on any atom is -0.494 e. The van der Waals surface area contributed by atoms with Gasteiger partial charge in [0.1, 0.15) is 60.6 Å². The molecule has 0 spiro atoms. The van der Waals surface area contributed by atoms with Gasteiger partial charge in [-0.2, -0.15) is 46.5 Å². The highest BCUT2D eigenvalue weighted by Gasteiger charge is 2.41. The third kappa shape index (κ3) is 45.6. The monoisotopic (exact) mass is 1790 g/mol. The van der Waals surface area contributed by atoms with Crippen molar-refractivity contribution >= 4 is 66.0 Å². The Kier molecular flexibility index (Phi) is 58.3. The van der Waals surface area contributed by atoms with Gasteiger partial charge in [-0.3, -0.25) is 0 Å². The van der Waals surface area contributed by atoms with Crippen LogP contribution in [0.3, 0.4) is 0 Å². The van der Waals surface area contributed by atoms with E-state index in [2.05, 4.69) is 88.8 Å². The Balaban J connectivity index is 0.000000508. The highest BCUT2D eigenvalue weighted by atomic mass is 16.5. The summed E-state index contributed by atoms with van der Waals surface area (Å²) in [6, 6.07) is 14.8. The Morgan fingerprint density at radius 2 is 0.977 bits per heavy atom. The molecular formula is C94H118N16O20. The first-order valence-corrected chi connectivity index (χ1v) is 43.3. The van der Waals surface area contributed by atoms with Gasteiger partial charge in [-0.25, -0.2) is 68.1 Å². The van der Waals surface area contributed by atoms with Crippen molar-refractivity contribution in [2.75, 3.05) is 34.0 Å². The Morgan fingerprint density at radius 1 is 0.492 bits per heavy atom. The molecule has 9 rings (SSSR count). The summed E-state index contributed by atoms with van der Waals surface area (Å²) in [7, 11) is 2.71. The molecule has 0 heterocycles. The standard InChI is InChI=1S/C17H26N2O2.C16H12N2O4.C15H22N2O2.C11H18N2O2.C9H12N2O4.C9H12N2O2.C9H6N2O2.C8H10N2O2/c1-17(2,13-3-7-15(8-4-13)19-12-20)14-5-9-16(10-6-14)21-11-18;1-21-16-7-12(2-4-14(16)18-10-20)11-3-5-15(22-9-17)13(6-11)8-19;16-10-19-15-7-3-13(4-8-15)9-12-1-5-14(6-2-12)17-11-18;1-10(4-5-13-9-14)6-11(2,3)7-15-8-12;1-14-9(13)8(11-7-12)4-2-3-5-15-6-10;2*1-7-2-3-8(11-6-12)4-9(7)13-5-10;9-5-12-8-3-1-7(2-4-8)10-6-11/h13-16H,3-10H2,1-2H3;2-7,19H,8H2,1H3;12-15H,1-9H2;10H,4-7H2,1-3H3;8H,2-5H2,1H3;7-9H,2-4H2,1H3;2-4H,1H3;7-8H,1-4H2. The van der Waals surface area contributed by atoms with Crippen molar-refractivity contribution in [2.45, 2.75) is 296 Å². The van der Waals surface area contributed by atoms with Crippen LogP contribution in [0.5, 0.6) is 17.2 Å². The molecule has 36 heteroatoms. The fourth-order valence-corrected chi connectivity index (χ4v) is 16.7. The molecule has 0 radical (unpaired) electrons. The van der Waals surface area contributed by atoms with E-state index in [-0.39, 0.29) is 60.6 Å². The lowest BCUT2D eigenvalue weighted by Crippen LogP contribution is -2.38. The first-order chi connectivity index (χ1) is 62.8. The number of esters is 1. The molecule has 6 aliphatic carbocycles. The highest BCUT2D eigenvalue weighted by Crippen LogP contribution is 2.49. The van der Waals surface area contributed by atoms with Gasteiger partial charge in [0.25, 0.3) is 50.0 Å². The molecule has 3 aromatic rings. The predicted octanol–water partition coefficient (Wildman–Crippen LogP) is 17.1. The molecule has 6 aliphatic rings. The summed E-state index contributed by atoms with van der Waals surface area (Å²) in [6.45, 7) is 15.9. The van der Waals surface area contributed by atoms with Crippen molar-refractivity contribution in [2.24, 2.45) is 86.3 Å². The van der Waals surface area contributed by atoms with E-state index in [0.29, 0.717) is 109 Å². The first-order valence-electron chi connectivity index (χ1n) is 43.3. The van der Waals surface area contributed by atoms with Crippen LogP contribution in [-0.4, -0.2) is 148 Å². The fraction of sp³-hybridized carbons (Fsp3) is 0.628. The SMILES string of the molecule is CC(C)(C1CCC(N=C=O)CC1)C1CCC(OC#N)CC1.CC(CCN=C=O)CC(C)(C)COC#N.CC1CCC(N=C=O)CC1OC#N.COC(=O)C(CCCCOC#N)N=C=O.COc1cc(-c2ccc(OC#N)c(CO)c2)ccc1N=C=O.Cc1ccc(N=C=O)cc1OC#N.N#COC1CCC(CC2CCC(N=C=O)CC2)CC1.N#COC1CCC(N=C=O)CC1. The van der Waals surface area contributed by atoms with Crippen LogP contribution in [0.15, 0.2) is 94.5 Å². The Bertz CT molecular complexity index is 4670. The lowest BCUT2D eigenvalue weighted by Gasteiger charge is -2.46. The lowest BCUT2D eigenvalue weighted by atomic mass is 9.60. The van der Waals surface area contributed by atoms with Crippen molar-refractivity contribution < 1.29 is 95.6 Å². The number of carbonyl (C=O) groups excluding carboxylic acids is 9. The van der Waals surface area contributed by atoms with E-state index >= 15 is 0 Å². The number of ether oxygens (including phenoxy) is 10. The molecule has 36 nitrogen and oxygen atoms in total. The largest absolute Gasteiger partial charge is 0.494 e. The molecule has 6 saturated carbocycles. The van der Waals surface area contributed by atoms with E-state index in [4.69, 9.17) is 75.3 Å². The molecule has 5 atom stereocenters. The number of nitrogens with zero attached hydrogens (tertiary/aromatic N) is 16. The van der Waals surface area contributed by atoms with Gasteiger partial charge in [0.2, 0.25) is 48.6 Å². The Labute approximate surface area is 760 Å². The van der Waals surface area contributed by atoms with Gasteiger partial charge in [0, 0.05) is 23.5 Å². The molecule has 3 aromatic carbocycles. The Hall–Kier alpha value is -13.8. The molecule has 0 bridgehead atoms. The van der Waals surface area contributed by atoms with Crippen molar-refractivity contribution in [3.8, 4) is 78.4 Å². The molecule has 5 unspecified atom stereocenters. The zero-order chi connectivity index (χ0) is 96.2. The first kappa shape index (κ1) is 112. The second-order valence-electron chi connectivity index (χ2n) is 33.4. The van der Waals surface area contributed by atoms with E-state index in [1.165, 1.54) is 83.0 Å². The predicted molar refractivity (Wildman–Crippen MR) is 467 cm³/mol. The number of isocyanates is 8. The number of hydrogen-bond donors (Lipinski definition) is 1. The average molecular weight is 1790 g/mol. The minimum absolute atomic E-state index is 0.00736. The van der Waals surface area contributed by atoms with Crippen LogP contribution >= 0.6 is 0 Å². The molecule has 130 heavy (non-hydrogen) atoms. The second kappa shape index (κ2) is 67.5. The van der Waals surface area contributed by atoms with Gasteiger partial charge in [-0.1, -0.05) is 59.7 Å². The normalized spacial score (nSPS) is 21.5. The molecule has 0 aliphatic heterocycles. The number of aliphatic hydroxyl groups is 1. The topological polar surface area (TPSA) is 555 Å². The van der Waals surface area contributed by atoms with Crippen LogP contribution in [0.1, 0.15) is 239 Å². The van der Waals surface area contributed by atoms with Gasteiger partial charge in [0.15, 0.2) is 6.04 Å². The van der Waals surface area contributed by atoms with Crippen LogP contribution in [-0.2, 0) is 82.9 Å². The zero-order valence-electron chi connectivity index (χ0n) is 75.6. The van der Waals surface area contributed by atoms with Gasteiger partial charge < -0.3 is 52.5 Å². The summed E-state index contributed by atoms with van der Waals surface area (Å²) >= 11 is 0. The van der Waals surface area contributed by atoms with Crippen LogP contribution in [0.2, 0.25) is 0 Å². The van der Waals surface area contributed by atoms with Crippen molar-refractivity contribution in [3.63, 3.8) is 0 Å². The van der Waals surface area contributed by atoms with Gasteiger partial charge in [-0.05, 0) is 275 Å². The number of rotatable bonds is 33. The number of hydrogen-bond acceptors (Lipinski definition) is 36. The van der Waals surface area contributed by atoms with E-state index in [1.807, 2.05) is 19.4 Å². The summed E-state index contributed by atoms with van der Waals surface area (Å²) in [4.78, 5) is 121. The van der Waals surface area contributed by atoms with E-state index in [0.717, 1.165) is 157 Å². The summed E-state index contributed by atoms with van der Waals surface area (Å²) in [6.07, 6.45) is 54.0.